The molecule has 204 valence electrons. The zero-order valence-electron chi connectivity index (χ0n) is 22.0. The van der Waals surface area contributed by atoms with Gasteiger partial charge >= 0.3 is 12.1 Å². The van der Waals surface area contributed by atoms with Crippen LogP contribution in [0.2, 0.25) is 0 Å². The van der Waals surface area contributed by atoms with Crippen LogP contribution in [0.25, 0.3) is 11.1 Å². The summed E-state index contributed by atoms with van der Waals surface area (Å²) in [6.07, 6.45) is -0.729. The number of aliphatic carboxylic acids is 1. The van der Waals surface area contributed by atoms with Crippen molar-refractivity contribution in [3.63, 3.8) is 0 Å². The molecule has 0 fully saturated rings. The van der Waals surface area contributed by atoms with Gasteiger partial charge in [0.2, 0.25) is 0 Å². The van der Waals surface area contributed by atoms with Crippen LogP contribution in [-0.2, 0) is 22.6 Å². The first-order valence-corrected chi connectivity index (χ1v) is 13.8. The van der Waals surface area contributed by atoms with E-state index in [1.807, 2.05) is 54.6 Å². The van der Waals surface area contributed by atoms with Crippen molar-refractivity contribution in [1.82, 2.24) is 15.2 Å². The van der Waals surface area contributed by atoms with E-state index in [4.69, 9.17) is 9.84 Å². The number of hydrogen-bond donors (Lipinski definition) is 2. The number of amides is 2. The van der Waals surface area contributed by atoms with Crippen LogP contribution in [-0.4, -0.2) is 46.1 Å². The summed E-state index contributed by atoms with van der Waals surface area (Å²) in [5, 5.41) is 12.5. The summed E-state index contributed by atoms with van der Waals surface area (Å²) in [6, 6.07) is 25.7. The Bertz CT molecular complexity index is 1490. The van der Waals surface area contributed by atoms with Crippen LogP contribution in [0.1, 0.15) is 49.4 Å². The highest BCUT2D eigenvalue weighted by atomic mass is 32.1. The summed E-state index contributed by atoms with van der Waals surface area (Å²) >= 11 is 1.31. The number of carboxylic acids is 1. The molecule has 0 saturated carbocycles. The second-order valence-corrected chi connectivity index (χ2v) is 10.8. The first-order chi connectivity index (χ1) is 19.4. The zero-order chi connectivity index (χ0) is 28.1. The number of carbonyl (C=O) groups excluding carboxylic acids is 2. The molecule has 4 aromatic rings. The van der Waals surface area contributed by atoms with E-state index < -0.39 is 12.1 Å². The van der Waals surface area contributed by atoms with Crippen LogP contribution in [0.5, 0.6) is 0 Å². The van der Waals surface area contributed by atoms with Crippen molar-refractivity contribution < 1.29 is 24.2 Å². The molecule has 5 rings (SSSR count). The number of carboxylic acid groups (broad SMARTS) is 1. The maximum absolute atomic E-state index is 13.4. The minimum atomic E-state index is -0.978. The van der Waals surface area contributed by atoms with Gasteiger partial charge in [-0.05, 0) is 34.7 Å². The first-order valence-electron chi connectivity index (χ1n) is 13.0. The Morgan fingerprint density at radius 1 is 0.950 bits per heavy atom. The zero-order valence-corrected chi connectivity index (χ0v) is 22.8. The normalized spacial score (nSPS) is 11.9. The molecule has 1 heterocycles. The number of hydrogen-bond acceptors (Lipinski definition) is 6. The Labute approximate surface area is 236 Å². The lowest BCUT2D eigenvalue weighted by atomic mass is 9.98. The third-order valence-electron chi connectivity index (χ3n) is 6.87. The first kappa shape index (κ1) is 27.1. The molecule has 3 aromatic carbocycles. The number of thiazole rings is 1. The number of benzene rings is 3. The van der Waals surface area contributed by atoms with E-state index in [-0.39, 0.29) is 50.2 Å². The van der Waals surface area contributed by atoms with Crippen LogP contribution in [0.15, 0.2) is 78.9 Å². The molecule has 40 heavy (non-hydrogen) atoms. The lowest BCUT2D eigenvalue weighted by Gasteiger charge is -2.21. The second kappa shape index (κ2) is 12.1. The Balaban J connectivity index is 1.20. The molecule has 0 aliphatic heterocycles. The molecule has 0 unspecified atom stereocenters. The van der Waals surface area contributed by atoms with Gasteiger partial charge in [0.05, 0.1) is 13.0 Å². The van der Waals surface area contributed by atoms with E-state index in [9.17, 15) is 14.4 Å². The number of rotatable bonds is 10. The van der Waals surface area contributed by atoms with Crippen LogP contribution in [0, 0.1) is 6.92 Å². The van der Waals surface area contributed by atoms with E-state index in [0.717, 1.165) is 27.8 Å². The van der Waals surface area contributed by atoms with Crippen LogP contribution in [0.3, 0.4) is 0 Å². The van der Waals surface area contributed by atoms with Gasteiger partial charge < -0.3 is 20.1 Å². The molecule has 1 aliphatic rings. The predicted octanol–water partition coefficient (Wildman–Crippen LogP) is 5.61. The van der Waals surface area contributed by atoms with Crippen molar-refractivity contribution in [2.24, 2.45) is 0 Å². The Morgan fingerprint density at radius 3 is 2.23 bits per heavy atom. The van der Waals surface area contributed by atoms with Crippen molar-refractivity contribution in [2.45, 2.75) is 32.4 Å². The van der Waals surface area contributed by atoms with E-state index in [2.05, 4.69) is 34.6 Å². The fourth-order valence-corrected chi connectivity index (χ4v) is 5.82. The van der Waals surface area contributed by atoms with E-state index in [0.29, 0.717) is 9.88 Å². The van der Waals surface area contributed by atoms with Gasteiger partial charge in [-0.1, -0.05) is 78.9 Å². The fraction of sp³-hybridized carbons (Fsp3) is 0.226. The quantitative estimate of drug-likeness (QED) is 0.263. The Morgan fingerprint density at radius 2 is 1.57 bits per heavy atom. The lowest BCUT2D eigenvalue weighted by Crippen LogP contribution is -2.33. The van der Waals surface area contributed by atoms with Gasteiger partial charge in [-0.2, -0.15) is 0 Å². The van der Waals surface area contributed by atoms with Gasteiger partial charge in [0, 0.05) is 23.9 Å². The van der Waals surface area contributed by atoms with Crippen molar-refractivity contribution >= 4 is 29.3 Å². The predicted molar refractivity (Wildman–Crippen MR) is 152 cm³/mol. The minimum Gasteiger partial charge on any atom is -0.481 e. The van der Waals surface area contributed by atoms with E-state index in [1.165, 1.54) is 16.2 Å². The second-order valence-electron chi connectivity index (χ2n) is 9.55. The molecule has 1 aliphatic carbocycles. The maximum atomic E-state index is 13.4. The van der Waals surface area contributed by atoms with Gasteiger partial charge in [0.1, 0.15) is 17.3 Å². The summed E-state index contributed by atoms with van der Waals surface area (Å²) in [4.78, 5) is 43.8. The van der Waals surface area contributed by atoms with E-state index >= 15 is 0 Å². The highest BCUT2D eigenvalue weighted by Gasteiger charge is 2.29. The van der Waals surface area contributed by atoms with E-state index in [1.54, 1.807) is 6.92 Å². The number of carbonyl (C=O) groups is 3. The summed E-state index contributed by atoms with van der Waals surface area (Å²) in [7, 11) is 0. The number of fused-ring (bicyclic) bond motifs is 3. The molecule has 2 N–H and O–H groups in total. The van der Waals surface area contributed by atoms with Gasteiger partial charge in [0.15, 0.2) is 0 Å². The summed E-state index contributed by atoms with van der Waals surface area (Å²) in [6.45, 7) is 2.45. The Kier molecular flexibility index (Phi) is 8.21. The molecule has 8 nitrogen and oxygen atoms in total. The van der Waals surface area contributed by atoms with Crippen molar-refractivity contribution in [2.75, 3.05) is 13.2 Å². The monoisotopic (exact) mass is 555 g/mol. The van der Waals surface area contributed by atoms with Crippen LogP contribution in [0.4, 0.5) is 4.79 Å². The number of nitrogens with one attached hydrogen (secondary N) is 1. The molecule has 0 atom stereocenters. The van der Waals surface area contributed by atoms with Gasteiger partial charge in [0.25, 0.3) is 5.91 Å². The number of ether oxygens (including phenoxy) is 1. The average molecular weight is 556 g/mol. The molecule has 0 spiro atoms. The standard InChI is InChI=1S/C31H29N3O5S/c1-20-29(30(37)34(16-15-28(35)36)18-21-9-3-2-4-10-21)33-27(40-20)17-32-31(38)39-19-26-24-13-7-5-11-22(24)23-12-6-8-14-25(23)26/h2-14,26H,15-19H2,1H3,(H,32,38)(H,35,36). The number of aromatic nitrogens is 1. The third-order valence-corrected chi connectivity index (χ3v) is 7.84. The fourth-order valence-electron chi connectivity index (χ4n) is 4.96. The maximum Gasteiger partial charge on any atom is 0.407 e. The highest BCUT2D eigenvalue weighted by molar-refractivity contribution is 7.11. The van der Waals surface area contributed by atoms with Gasteiger partial charge in [-0.3, -0.25) is 9.59 Å². The number of nitrogens with zero attached hydrogens (tertiary/aromatic N) is 2. The van der Waals surface area contributed by atoms with Crippen molar-refractivity contribution in [3.8, 4) is 11.1 Å². The summed E-state index contributed by atoms with van der Waals surface area (Å²) in [5.74, 6) is -1.36. The molecule has 9 heteroatoms. The largest absolute Gasteiger partial charge is 0.481 e. The SMILES string of the molecule is Cc1sc(CNC(=O)OCC2c3ccccc3-c3ccccc32)nc1C(=O)N(CCC(=O)O)Cc1ccccc1. The Hall–Kier alpha value is -4.50. The lowest BCUT2D eigenvalue weighted by molar-refractivity contribution is -0.137. The summed E-state index contributed by atoms with van der Waals surface area (Å²) < 4.78 is 5.60. The van der Waals surface area contributed by atoms with Gasteiger partial charge in [-0.25, -0.2) is 9.78 Å². The molecule has 0 bridgehead atoms. The minimum absolute atomic E-state index is 0.0362. The van der Waals surface area contributed by atoms with Crippen molar-refractivity contribution in [1.29, 1.82) is 0 Å². The molecular weight excluding hydrogens is 526 g/mol. The number of aryl methyl sites for hydroxylation is 1. The van der Waals surface area contributed by atoms with Crippen LogP contribution >= 0.6 is 11.3 Å². The molecule has 0 saturated heterocycles. The summed E-state index contributed by atoms with van der Waals surface area (Å²) in [5.41, 5.74) is 5.75. The topological polar surface area (TPSA) is 109 Å². The smallest absolute Gasteiger partial charge is 0.407 e. The number of alkyl carbamates (subject to hydrolysis) is 1. The molecule has 2 amide bonds. The molecule has 1 aromatic heterocycles. The van der Waals surface area contributed by atoms with Crippen molar-refractivity contribution in [3.05, 3.63) is 111 Å². The van der Waals surface area contributed by atoms with Crippen LogP contribution < -0.4 is 5.32 Å². The van der Waals surface area contributed by atoms with Gasteiger partial charge in [-0.15, -0.1) is 11.3 Å². The molecule has 0 radical (unpaired) electrons. The average Bonchev–Trinajstić information content (AvgIpc) is 3.50. The molecular formula is C31H29N3O5S. The third kappa shape index (κ3) is 6.05. The highest BCUT2D eigenvalue weighted by Crippen LogP contribution is 2.44.